The summed E-state index contributed by atoms with van der Waals surface area (Å²) in [6.45, 7) is 0.660. The number of aldehydes is 1. The molecular formula is C20H21NO5. The minimum Gasteiger partial charge on any atom is -0.507 e. The fourth-order valence-electron chi connectivity index (χ4n) is 3.26. The molecule has 1 unspecified atom stereocenters. The summed E-state index contributed by atoms with van der Waals surface area (Å²) in [5.41, 5.74) is 1.20. The molecule has 1 aliphatic heterocycles. The fourth-order valence-corrected chi connectivity index (χ4v) is 3.26. The minimum absolute atomic E-state index is 0.106. The molecule has 1 amide bonds. The molecule has 1 aliphatic rings. The molecule has 0 saturated carbocycles. The molecule has 1 heterocycles. The molecule has 2 aromatic carbocycles. The van der Waals surface area contributed by atoms with Crippen LogP contribution in [0.2, 0.25) is 0 Å². The number of aliphatic hydroxyl groups excluding tert-OH is 1. The number of hydrogen-bond donors (Lipinski definition) is 2. The molecule has 0 radical (unpaired) electrons. The lowest BCUT2D eigenvalue weighted by atomic mass is 10.1. The second-order valence-corrected chi connectivity index (χ2v) is 6.23. The number of aromatic hydroxyl groups is 1. The van der Waals surface area contributed by atoms with Crippen molar-refractivity contribution in [3.63, 3.8) is 0 Å². The van der Waals surface area contributed by atoms with E-state index in [2.05, 4.69) is 0 Å². The van der Waals surface area contributed by atoms with E-state index in [-0.39, 0.29) is 36.5 Å². The summed E-state index contributed by atoms with van der Waals surface area (Å²) >= 11 is 0. The van der Waals surface area contributed by atoms with E-state index < -0.39 is 0 Å². The van der Waals surface area contributed by atoms with Gasteiger partial charge < -0.3 is 19.8 Å². The van der Waals surface area contributed by atoms with E-state index in [1.54, 1.807) is 41.3 Å². The smallest absolute Gasteiger partial charge is 0.254 e. The van der Waals surface area contributed by atoms with E-state index >= 15 is 0 Å². The van der Waals surface area contributed by atoms with Crippen LogP contribution in [0.25, 0.3) is 0 Å². The topological polar surface area (TPSA) is 87.1 Å². The van der Waals surface area contributed by atoms with E-state index in [1.807, 2.05) is 0 Å². The molecule has 1 atom stereocenters. The number of benzene rings is 2. The van der Waals surface area contributed by atoms with Crippen molar-refractivity contribution in [2.45, 2.75) is 25.5 Å². The highest BCUT2D eigenvalue weighted by atomic mass is 16.5. The zero-order valence-corrected chi connectivity index (χ0v) is 14.3. The molecule has 0 bridgehead atoms. The number of rotatable bonds is 6. The average Bonchev–Trinajstić information content (AvgIpc) is 3.14. The van der Waals surface area contributed by atoms with Crippen LogP contribution in [0.15, 0.2) is 42.5 Å². The zero-order valence-electron chi connectivity index (χ0n) is 14.3. The number of carbonyl (C=O) groups is 2. The maximum absolute atomic E-state index is 12.9. The normalized spacial score (nSPS) is 16.5. The standard InChI is InChI=1S/C20H21NO5/c22-11-14-5-1-2-7-16(14)20(25)21-10-4-6-15(21)13-26-19-9-3-8-18(24)17(19)12-23/h1-3,5,7-9,12,15,22,24H,4,6,10-11,13H2. The first-order valence-electron chi connectivity index (χ1n) is 8.55. The second-order valence-electron chi connectivity index (χ2n) is 6.23. The van der Waals surface area contributed by atoms with Crippen molar-refractivity contribution in [1.82, 2.24) is 4.90 Å². The van der Waals surface area contributed by atoms with E-state index in [0.29, 0.717) is 29.7 Å². The van der Waals surface area contributed by atoms with Gasteiger partial charge in [0.1, 0.15) is 18.1 Å². The summed E-state index contributed by atoms with van der Waals surface area (Å²) in [5, 5.41) is 19.2. The molecule has 1 saturated heterocycles. The average molecular weight is 355 g/mol. The van der Waals surface area contributed by atoms with Gasteiger partial charge in [0.15, 0.2) is 6.29 Å². The Hall–Kier alpha value is -2.86. The molecule has 1 fully saturated rings. The molecule has 2 aromatic rings. The Balaban J connectivity index is 1.74. The predicted octanol–water partition coefficient (Wildman–Crippen LogP) is 2.38. The maximum Gasteiger partial charge on any atom is 0.254 e. The van der Waals surface area contributed by atoms with E-state index in [1.165, 1.54) is 6.07 Å². The first kappa shape index (κ1) is 17.9. The van der Waals surface area contributed by atoms with Crippen LogP contribution in [0.4, 0.5) is 0 Å². The van der Waals surface area contributed by atoms with Crippen molar-refractivity contribution in [2.24, 2.45) is 0 Å². The lowest BCUT2D eigenvalue weighted by Gasteiger charge is -2.26. The van der Waals surface area contributed by atoms with Gasteiger partial charge in [-0.2, -0.15) is 0 Å². The van der Waals surface area contributed by atoms with E-state index in [9.17, 15) is 19.8 Å². The third-order valence-corrected chi connectivity index (χ3v) is 4.65. The van der Waals surface area contributed by atoms with Crippen molar-refractivity contribution in [3.8, 4) is 11.5 Å². The highest BCUT2D eigenvalue weighted by Gasteiger charge is 2.31. The summed E-state index contributed by atoms with van der Waals surface area (Å²) in [6, 6.07) is 11.5. The van der Waals surface area contributed by atoms with Crippen molar-refractivity contribution in [1.29, 1.82) is 0 Å². The van der Waals surface area contributed by atoms with Crippen LogP contribution in [0.3, 0.4) is 0 Å². The summed E-state index contributed by atoms with van der Waals surface area (Å²) in [5.74, 6) is 0.0380. The predicted molar refractivity (Wildman–Crippen MR) is 95.4 cm³/mol. The minimum atomic E-state index is -0.192. The molecule has 2 N–H and O–H groups in total. The molecule has 136 valence electrons. The monoisotopic (exact) mass is 355 g/mol. The van der Waals surface area contributed by atoms with Gasteiger partial charge in [0, 0.05) is 12.1 Å². The summed E-state index contributed by atoms with van der Waals surface area (Å²) in [7, 11) is 0. The van der Waals surface area contributed by atoms with Gasteiger partial charge in [0.05, 0.1) is 18.2 Å². The Kier molecular flexibility index (Phi) is 5.53. The summed E-state index contributed by atoms with van der Waals surface area (Å²) in [4.78, 5) is 25.8. The van der Waals surface area contributed by atoms with Crippen LogP contribution in [0.5, 0.6) is 11.5 Å². The lowest BCUT2D eigenvalue weighted by molar-refractivity contribution is 0.0687. The number of hydrogen-bond acceptors (Lipinski definition) is 5. The molecule has 0 aromatic heterocycles. The van der Waals surface area contributed by atoms with Gasteiger partial charge in [-0.05, 0) is 36.6 Å². The Morgan fingerprint density at radius 1 is 1.23 bits per heavy atom. The number of likely N-dealkylation sites (tertiary alicyclic amines) is 1. The Bertz CT molecular complexity index is 805. The number of carbonyl (C=O) groups excluding carboxylic acids is 2. The van der Waals surface area contributed by atoms with Crippen LogP contribution in [0.1, 0.15) is 39.1 Å². The van der Waals surface area contributed by atoms with Crippen LogP contribution < -0.4 is 4.74 Å². The number of aliphatic hydroxyl groups is 1. The first-order valence-corrected chi connectivity index (χ1v) is 8.55. The van der Waals surface area contributed by atoms with E-state index in [0.717, 1.165) is 12.8 Å². The van der Waals surface area contributed by atoms with Crippen molar-refractivity contribution in [2.75, 3.05) is 13.2 Å². The van der Waals surface area contributed by atoms with Crippen molar-refractivity contribution >= 4 is 12.2 Å². The third kappa shape index (κ3) is 3.55. The van der Waals surface area contributed by atoms with Gasteiger partial charge in [-0.15, -0.1) is 0 Å². The Morgan fingerprint density at radius 3 is 2.81 bits per heavy atom. The quantitative estimate of drug-likeness (QED) is 0.777. The molecule has 6 heteroatoms. The maximum atomic E-state index is 12.9. The number of amides is 1. The fraction of sp³-hybridized carbons (Fsp3) is 0.300. The third-order valence-electron chi connectivity index (χ3n) is 4.65. The molecule has 0 spiro atoms. The van der Waals surface area contributed by atoms with Gasteiger partial charge in [-0.1, -0.05) is 24.3 Å². The lowest BCUT2D eigenvalue weighted by Crippen LogP contribution is -2.39. The van der Waals surface area contributed by atoms with Crippen molar-refractivity contribution in [3.05, 3.63) is 59.2 Å². The van der Waals surface area contributed by atoms with Gasteiger partial charge in [0.2, 0.25) is 0 Å². The SMILES string of the molecule is O=Cc1c(O)cccc1OCC1CCCN1C(=O)c1ccccc1CO. The van der Waals surface area contributed by atoms with Crippen LogP contribution in [-0.4, -0.2) is 46.5 Å². The first-order chi connectivity index (χ1) is 12.7. The zero-order chi connectivity index (χ0) is 18.5. The van der Waals surface area contributed by atoms with Gasteiger partial charge >= 0.3 is 0 Å². The van der Waals surface area contributed by atoms with Gasteiger partial charge in [0.25, 0.3) is 5.91 Å². The Morgan fingerprint density at radius 2 is 2.04 bits per heavy atom. The Labute approximate surface area is 151 Å². The number of nitrogens with zero attached hydrogens (tertiary/aromatic N) is 1. The van der Waals surface area contributed by atoms with E-state index in [4.69, 9.17) is 4.74 Å². The van der Waals surface area contributed by atoms with Crippen LogP contribution in [-0.2, 0) is 6.61 Å². The molecule has 6 nitrogen and oxygen atoms in total. The molecular weight excluding hydrogens is 334 g/mol. The molecule has 3 rings (SSSR count). The number of ether oxygens (including phenoxy) is 1. The van der Waals surface area contributed by atoms with Gasteiger partial charge in [-0.25, -0.2) is 0 Å². The number of phenols is 1. The van der Waals surface area contributed by atoms with Crippen LogP contribution >= 0.6 is 0 Å². The highest BCUT2D eigenvalue weighted by Crippen LogP contribution is 2.27. The second kappa shape index (κ2) is 8.01. The largest absolute Gasteiger partial charge is 0.507 e. The molecule has 26 heavy (non-hydrogen) atoms. The van der Waals surface area contributed by atoms with Crippen LogP contribution in [0, 0.1) is 0 Å². The highest BCUT2D eigenvalue weighted by molar-refractivity contribution is 5.96. The summed E-state index contributed by atoms with van der Waals surface area (Å²) < 4.78 is 5.73. The van der Waals surface area contributed by atoms with Crippen molar-refractivity contribution < 1.29 is 24.5 Å². The summed E-state index contributed by atoms with van der Waals surface area (Å²) in [6.07, 6.45) is 2.21. The number of phenolic OH excluding ortho intramolecular Hbond substituents is 1. The molecule has 0 aliphatic carbocycles. The van der Waals surface area contributed by atoms with Gasteiger partial charge in [-0.3, -0.25) is 9.59 Å².